The number of hydrogen-bond donors (Lipinski definition) is 1. The lowest BCUT2D eigenvalue weighted by atomic mass is 9.82. The molecule has 1 fully saturated rings. The van der Waals surface area contributed by atoms with Gasteiger partial charge in [0.15, 0.2) is 16.6 Å². The summed E-state index contributed by atoms with van der Waals surface area (Å²) in [5.74, 6) is -0.408. The van der Waals surface area contributed by atoms with Crippen LogP contribution in [0.2, 0.25) is 45.8 Å². The Kier molecular flexibility index (Phi) is 8.71. The Morgan fingerprint density at radius 2 is 1.67 bits per heavy atom. The van der Waals surface area contributed by atoms with E-state index in [0.29, 0.717) is 18.4 Å². The molecule has 0 spiro atoms. The first kappa shape index (κ1) is 24.8. The van der Waals surface area contributed by atoms with Gasteiger partial charge in [0.2, 0.25) is 0 Å². The summed E-state index contributed by atoms with van der Waals surface area (Å²) in [6, 6.07) is 0. The number of rotatable bonds is 9. The molecular weight excluding hydrogens is 392 g/mol. The average molecular weight is 433 g/mol. The van der Waals surface area contributed by atoms with Crippen molar-refractivity contribution in [2.75, 3.05) is 0 Å². The molecule has 0 radical (unpaired) electrons. The van der Waals surface area contributed by atoms with Crippen molar-refractivity contribution in [3.05, 3.63) is 12.2 Å². The second-order valence-electron chi connectivity index (χ2n) is 9.80. The van der Waals surface area contributed by atoms with Crippen molar-refractivity contribution >= 4 is 32.1 Å². The zero-order chi connectivity index (χ0) is 21.0. The van der Waals surface area contributed by atoms with E-state index in [1.807, 2.05) is 0 Å². The minimum atomic E-state index is -1.82. The number of carbonyl (C=O) groups excluding carboxylic acids is 1. The minimum absolute atomic E-state index is 0.0156. The Hall–Kier alpha value is -0.259. The highest BCUT2D eigenvalue weighted by Gasteiger charge is 2.44. The molecule has 1 aliphatic rings. The summed E-state index contributed by atoms with van der Waals surface area (Å²) in [7, 11) is -4.32. The summed E-state index contributed by atoms with van der Waals surface area (Å²) >= 11 is 0. The van der Waals surface area contributed by atoms with Crippen molar-refractivity contribution in [3.8, 4) is 0 Å². The van der Waals surface area contributed by atoms with E-state index in [1.165, 1.54) is 0 Å². The summed E-state index contributed by atoms with van der Waals surface area (Å²) in [6.07, 6.45) is 2.06. The first-order chi connectivity index (χ1) is 12.2. The standard InChI is InChI=1S/C19H40O5Si3/c1-14(2)18(21)22-16-12-10-11-15(17(16)20)13-19(25-3,23-26(4,5)6)24-27(7,8)9/h15-17,20H,1,10-13,25H2,2-9H3. The van der Waals surface area contributed by atoms with Gasteiger partial charge in [0.25, 0.3) is 0 Å². The number of carbonyl (C=O) groups is 1. The van der Waals surface area contributed by atoms with Gasteiger partial charge in [0.1, 0.15) is 11.5 Å². The highest BCUT2D eigenvalue weighted by atomic mass is 28.4. The van der Waals surface area contributed by atoms with Gasteiger partial charge in [-0.05, 0) is 71.4 Å². The van der Waals surface area contributed by atoms with Crippen molar-refractivity contribution in [2.24, 2.45) is 5.92 Å². The van der Waals surface area contributed by atoms with Crippen LogP contribution >= 0.6 is 0 Å². The first-order valence-corrected chi connectivity index (χ1v) is 19.1. The molecule has 5 nitrogen and oxygen atoms in total. The summed E-state index contributed by atoms with van der Waals surface area (Å²) < 4.78 is 18.8. The zero-order valence-electron chi connectivity index (χ0n) is 18.6. The predicted molar refractivity (Wildman–Crippen MR) is 119 cm³/mol. The van der Waals surface area contributed by atoms with Gasteiger partial charge in [-0.25, -0.2) is 4.79 Å². The molecule has 0 aliphatic heterocycles. The summed E-state index contributed by atoms with van der Waals surface area (Å²) in [5, 5.41) is 10.9. The molecule has 0 heterocycles. The van der Waals surface area contributed by atoms with Crippen LogP contribution in [0.25, 0.3) is 0 Å². The monoisotopic (exact) mass is 432 g/mol. The third-order valence-corrected chi connectivity index (χ3v) is 8.83. The van der Waals surface area contributed by atoms with E-state index in [4.69, 9.17) is 13.6 Å². The molecule has 1 aliphatic carbocycles. The minimum Gasteiger partial charge on any atom is -0.456 e. The van der Waals surface area contributed by atoms with Crippen LogP contribution in [-0.4, -0.2) is 54.8 Å². The number of hydrogen-bond acceptors (Lipinski definition) is 5. The van der Waals surface area contributed by atoms with Gasteiger partial charge < -0.3 is 18.7 Å². The Morgan fingerprint density at radius 3 is 2.07 bits per heavy atom. The number of ether oxygens (including phenoxy) is 1. The molecule has 3 unspecified atom stereocenters. The Bertz CT molecular complexity index is 508. The van der Waals surface area contributed by atoms with E-state index >= 15 is 0 Å². The van der Waals surface area contributed by atoms with Crippen LogP contribution in [0.5, 0.6) is 0 Å². The summed E-state index contributed by atoms with van der Waals surface area (Å²) in [6.45, 7) is 20.6. The van der Waals surface area contributed by atoms with E-state index in [-0.39, 0.29) is 5.92 Å². The van der Waals surface area contributed by atoms with Crippen LogP contribution in [0, 0.1) is 5.92 Å². The molecule has 8 heteroatoms. The van der Waals surface area contributed by atoms with Gasteiger partial charge in [-0.3, -0.25) is 0 Å². The maximum absolute atomic E-state index is 11.9. The molecule has 0 aromatic heterocycles. The topological polar surface area (TPSA) is 65.0 Å². The number of esters is 1. The Morgan fingerprint density at radius 1 is 1.15 bits per heavy atom. The quantitative estimate of drug-likeness (QED) is 0.261. The number of aliphatic hydroxyl groups is 1. The second-order valence-corrected chi connectivity index (χ2v) is 20.4. The molecule has 0 saturated heterocycles. The van der Waals surface area contributed by atoms with Crippen LogP contribution in [-0.2, 0) is 18.4 Å². The molecular formula is C19H40O5Si3. The summed E-state index contributed by atoms with van der Waals surface area (Å²) in [4.78, 5) is 11.9. The second kappa shape index (κ2) is 9.49. The molecule has 27 heavy (non-hydrogen) atoms. The highest BCUT2D eigenvalue weighted by molar-refractivity contribution is 6.72. The lowest BCUT2D eigenvalue weighted by Crippen LogP contribution is -2.56. The summed E-state index contributed by atoms with van der Waals surface area (Å²) in [5.41, 5.74) is -0.176. The van der Waals surface area contributed by atoms with Gasteiger partial charge in [-0.15, -0.1) is 0 Å². The fourth-order valence-corrected chi connectivity index (χ4v) is 10.7. The Labute approximate surface area is 169 Å². The predicted octanol–water partition coefficient (Wildman–Crippen LogP) is 3.60. The van der Waals surface area contributed by atoms with Crippen molar-refractivity contribution in [3.63, 3.8) is 0 Å². The average Bonchev–Trinajstić information content (AvgIpc) is 2.47. The van der Waals surface area contributed by atoms with Gasteiger partial charge in [-0.2, -0.15) is 0 Å². The largest absolute Gasteiger partial charge is 0.456 e. The SMILES string of the molecule is C=C(C)C(=O)OC1CCCC(CC(O[Si](C)(C)C)(O[Si](C)(C)C)[SiH2]C)C1O. The Balaban J connectivity index is 3.01. The first-order valence-electron chi connectivity index (χ1n) is 10.1. The molecule has 3 atom stereocenters. The fourth-order valence-electron chi connectivity index (χ4n) is 3.72. The highest BCUT2D eigenvalue weighted by Crippen LogP contribution is 2.37. The van der Waals surface area contributed by atoms with Crippen molar-refractivity contribution < 1.29 is 23.5 Å². The third-order valence-electron chi connectivity index (χ3n) is 4.63. The van der Waals surface area contributed by atoms with E-state index in [2.05, 4.69) is 52.4 Å². The van der Waals surface area contributed by atoms with Crippen LogP contribution in [0.4, 0.5) is 0 Å². The van der Waals surface area contributed by atoms with E-state index in [9.17, 15) is 9.90 Å². The maximum atomic E-state index is 11.9. The normalized spacial score (nSPS) is 25.0. The van der Waals surface area contributed by atoms with Crippen molar-refractivity contribution in [1.29, 1.82) is 0 Å². The molecule has 1 saturated carbocycles. The molecule has 1 N–H and O–H groups in total. The van der Waals surface area contributed by atoms with Gasteiger partial charge >= 0.3 is 5.97 Å². The van der Waals surface area contributed by atoms with Gasteiger partial charge in [0, 0.05) is 12.0 Å². The molecule has 0 amide bonds. The van der Waals surface area contributed by atoms with Crippen LogP contribution in [0.15, 0.2) is 12.2 Å². The van der Waals surface area contributed by atoms with Crippen LogP contribution < -0.4 is 0 Å². The van der Waals surface area contributed by atoms with E-state index in [1.54, 1.807) is 6.92 Å². The van der Waals surface area contributed by atoms with E-state index in [0.717, 1.165) is 12.8 Å². The van der Waals surface area contributed by atoms with Crippen molar-refractivity contribution in [2.45, 2.75) is 96.1 Å². The molecule has 1 rings (SSSR count). The maximum Gasteiger partial charge on any atom is 0.333 e. The van der Waals surface area contributed by atoms with Gasteiger partial charge in [0.05, 0.1) is 15.6 Å². The van der Waals surface area contributed by atoms with Crippen LogP contribution in [0.3, 0.4) is 0 Å². The lowest BCUT2D eigenvalue weighted by Gasteiger charge is -2.46. The molecule has 158 valence electrons. The fraction of sp³-hybridized carbons (Fsp3) is 0.842. The third kappa shape index (κ3) is 8.33. The van der Waals surface area contributed by atoms with E-state index < -0.39 is 49.7 Å². The smallest absolute Gasteiger partial charge is 0.333 e. The van der Waals surface area contributed by atoms with Gasteiger partial charge in [-0.1, -0.05) is 13.1 Å². The number of aliphatic hydroxyl groups excluding tert-OH is 1. The zero-order valence-corrected chi connectivity index (χ0v) is 22.0. The lowest BCUT2D eigenvalue weighted by molar-refractivity contribution is -0.159. The molecule has 0 aromatic carbocycles. The van der Waals surface area contributed by atoms with Crippen LogP contribution in [0.1, 0.15) is 32.6 Å². The van der Waals surface area contributed by atoms with Crippen molar-refractivity contribution in [1.82, 2.24) is 0 Å². The molecule has 0 bridgehead atoms. The molecule has 0 aromatic rings.